The summed E-state index contributed by atoms with van der Waals surface area (Å²) in [5.41, 5.74) is 4.34. The summed E-state index contributed by atoms with van der Waals surface area (Å²) in [6.07, 6.45) is 4.12. The van der Waals surface area contributed by atoms with Crippen molar-refractivity contribution in [3.63, 3.8) is 0 Å². The molecule has 0 atom stereocenters. The molecule has 1 saturated heterocycles. The molecular formula is C21H22N4O. The van der Waals surface area contributed by atoms with Crippen molar-refractivity contribution in [2.45, 2.75) is 6.92 Å². The molecule has 0 bridgehead atoms. The van der Waals surface area contributed by atoms with Gasteiger partial charge in [0, 0.05) is 44.2 Å². The standard InChI is InChI=1S/C21H22N4O/c1-16(26)24-12-14-25(15-13-24)18-9-6-17(7-10-18)8-11-21-19-4-2-3-5-20(19)22-23-21/h2-11H,12-15H2,1H3,(H,22,23). The van der Waals surface area contributed by atoms with Crippen molar-refractivity contribution >= 4 is 34.6 Å². The van der Waals surface area contributed by atoms with Gasteiger partial charge in [-0.1, -0.05) is 36.4 Å². The average Bonchev–Trinajstić information content (AvgIpc) is 3.10. The predicted molar refractivity (Wildman–Crippen MR) is 106 cm³/mol. The van der Waals surface area contributed by atoms with Crippen molar-refractivity contribution in [2.75, 3.05) is 31.1 Å². The SMILES string of the molecule is CC(=O)N1CCN(c2ccc(C=Cc3n[nH]c4ccccc34)cc2)CC1. The first kappa shape index (κ1) is 16.4. The second-order valence-electron chi connectivity index (χ2n) is 6.57. The van der Waals surface area contributed by atoms with E-state index in [1.807, 2.05) is 29.2 Å². The number of piperazine rings is 1. The number of aromatic nitrogens is 2. The van der Waals surface area contributed by atoms with E-state index >= 15 is 0 Å². The van der Waals surface area contributed by atoms with Gasteiger partial charge in [0.15, 0.2) is 0 Å². The maximum absolute atomic E-state index is 11.4. The van der Waals surface area contributed by atoms with Crippen LogP contribution >= 0.6 is 0 Å². The van der Waals surface area contributed by atoms with Gasteiger partial charge in [-0.2, -0.15) is 5.10 Å². The van der Waals surface area contributed by atoms with Crippen LogP contribution in [0.3, 0.4) is 0 Å². The summed E-state index contributed by atoms with van der Waals surface area (Å²) < 4.78 is 0. The minimum Gasteiger partial charge on any atom is -0.368 e. The number of carbonyl (C=O) groups excluding carboxylic acids is 1. The lowest BCUT2D eigenvalue weighted by molar-refractivity contribution is -0.129. The van der Waals surface area contributed by atoms with Crippen LogP contribution in [0.25, 0.3) is 23.1 Å². The van der Waals surface area contributed by atoms with Crippen LogP contribution in [-0.2, 0) is 4.79 Å². The van der Waals surface area contributed by atoms with E-state index in [9.17, 15) is 4.79 Å². The molecule has 1 amide bonds. The summed E-state index contributed by atoms with van der Waals surface area (Å²) in [7, 11) is 0. The van der Waals surface area contributed by atoms with Crippen molar-refractivity contribution < 1.29 is 4.79 Å². The molecule has 2 aromatic carbocycles. The number of aromatic amines is 1. The molecule has 0 aliphatic carbocycles. The van der Waals surface area contributed by atoms with E-state index in [0.29, 0.717) is 0 Å². The van der Waals surface area contributed by atoms with E-state index in [1.165, 1.54) is 5.69 Å². The third-order valence-corrected chi connectivity index (χ3v) is 4.92. The molecule has 4 rings (SSSR count). The van der Waals surface area contributed by atoms with Gasteiger partial charge in [0.2, 0.25) is 5.91 Å². The molecule has 0 saturated carbocycles. The van der Waals surface area contributed by atoms with Crippen LogP contribution in [0, 0.1) is 0 Å². The Balaban J connectivity index is 1.44. The van der Waals surface area contributed by atoms with Gasteiger partial charge in [-0.25, -0.2) is 0 Å². The molecule has 1 fully saturated rings. The first-order valence-corrected chi connectivity index (χ1v) is 8.92. The van der Waals surface area contributed by atoms with Gasteiger partial charge in [0.05, 0.1) is 11.2 Å². The van der Waals surface area contributed by atoms with Crippen molar-refractivity contribution in [2.24, 2.45) is 0 Å². The molecule has 1 aliphatic heterocycles. The van der Waals surface area contributed by atoms with Crippen LogP contribution in [0.1, 0.15) is 18.2 Å². The van der Waals surface area contributed by atoms with Crippen LogP contribution < -0.4 is 4.90 Å². The normalized spacial score (nSPS) is 15.1. The number of nitrogens with one attached hydrogen (secondary N) is 1. The second kappa shape index (κ2) is 7.04. The number of hydrogen-bond donors (Lipinski definition) is 1. The highest BCUT2D eigenvalue weighted by atomic mass is 16.2. The minimum atomic E-state index is 0.163. The van der Waals surface area contributed by atoms with Gasteiger partial charge >= 0.3 is 0 Å². The van der Waals surface area contributed by atoms with Crippen molar-refractivity contribution in [3.05, 3.63) is 59.8 Å². The number of carbonyl (C=O) groups is 1. The molecule has 1 N–H and O–H groups in total. The lowest BCUT2D eigenvalue weighted by Gasteiger charge is -2.35. The molecule has 2 heterocycles. The highest BCUT2D eigenvalue weighted by Crippen LogP contribution is 2.20. The molecule has 1 aliphatic rings. The molecule has 1 aromatic heterocycles. The van der Waals surface area contributed by atoms with Gasteiger partial charge in [-0.05, 0) is 29.8 Å². The average molecular weight is 346 g/mol. The Morgan fingerprint density at radius 1 is 1.00 bits per heavy atom. The lowest BCUT2D eigenvalue weighted by Crippen LogP contribution is -2.48. The zero-order valence-corrected chi connectivity index (χ0v) is 14.9. The molecule has 132 valence electrons. The van der Waals surface area contributed by atoms with Crippen LogP contribution in [0.2, 0.25) is 0 Å². The molecule has 5 heteroatoms. The Kier molecular flexibility index (Phi) is 4.44. The fourth-order valence-corrected chi connectivity index (χ4v) is 3.36. The third kappa shape index (κ3) is 3.33. The monoisotopic (exact) mass is 346 g/mol. The summed E-state index contributed by atoms with van der Waals surface area (Å²) >= 11 is 0. The van der Waals surface area contributed by atoms with E-state index in [0.717, 1.165) is 48.3 Å². The maximum Gasteiger partial charge on any atom is 0.219 e. The van der Waals surface area contributed by atoms with E-state index in [1.54, 1.807) is 6.92 Å². The van der Waals surface area contributed by atoms with Gasteiger partial charge in [-0.3, -0.25) is 9.89 Å². The predicted octanol–water partition coefficient (Wildman–Crippen LogP) is 3.40. The Morgan fingerprint density at radius 2 is 1.73 bits per heavy atom. The van der Waals surface area contributed by atoms with Crippen molar-refractivity contribution in [1.82, 2.24) is 15.1 Å². The van der Waals surface area contributed by atoms with Crippen LogP contribution in [0.5, 0.6) is 0 Å². The van der Waals surface area contributed by atoms with E-state index in [-0.39, 0.29) is 5.91 Å². The van der Waals surface area contributed by atoms with Crippen molar-refractivity contribution in [1.29, 1.82) is 0 Å². The molecule has 3 aromatic rings. The van der Waals surface area contributed by atoms with Gasteiger partial charge in [-0.15, -0.1) is 0 Å². The number of para-hydroxylation sites is 1. The molecule has 0 radical (unpaired) electrons. The number of nitrogens with zero attached hydrogens (tertiary/aromatic N) is 3. The summed E-state index contributed by atoms with van der Waals surface area (Å²) in [6, 6.07) is 16.7. The summed E-state index contributed by atoms with van der Waals surface area (Å²) in [5, 5.41) is 8.55. The second-order valence-corrected chi connectivity index (χ2v) is 6.57. The first-order valence-electron chi connectivity index (χ1n) is 8.92. The van der Waals surface area contributed by atoms with E-state index in [2.05, 4.69) is 51.5 Å². The largest absolute Gasteiger partial charge is 0.368 e. The highest BCUT2D eigenvalue weighted by Gasteiger charge is 2.18. The Labute approximate surface area is 152 Å². The maximum atomic E-state index is 11.4. The smallest absolute Gasteiger partial charge is 0.219 e. The lowest BCUT2D eigenvalue weighted by atomic mass is 10.1. The fraction of sp³-hybridized carbons (Fsp3) is 0.238. The fourth-order valence-electron chi connectivity index (χ4n) is 3.36. The number of H-pyrrole nitrogens is 1. The van der Waals surface area contributed by atoms with Gasteiger partial charge < -0.3 is 9.80 Å². The minimum absolute atomic E-state index is 0.163. The number of rotatable bonds is 3. The van der Waals surface area contributed by atoms with Gasteiger partial charge in [0.25, 0.3) is 0 Å². The van der Waals surface area contributed by atoms with E-state index in [4.69, 9.17) is 0 Å². The zero-order chi connectivity index (χ0) is 17.9. The molecule has 26 heavy (non-hydrogen) atoms. The molecule has 0 unspecified atom stereocenters. The van der Waals surface area contributed by atoms with Crippen LogP contribution in [-0.4, -0.2) is 47.2 Å². The number of amides is 1. The Hall–Kier alpha value is -3.08. The number of fused-ring (bicyclic) bond motifs is 1. The van der Waals surface area contributed by atoms with E-state index < -0.39 is 0 Å². The summed E-state index contributed by atoms with van der Waals surface area (Å²) in [5.74, 6) is 0.163. The number of benzene rings is 2. The molecule has 5 nitrogen and oxygen atoms in total. The Bertz CT molecular complexity index is 934. The first-order chi connectivity index (χ1) is 12.7. The Morgan fingerprint density at radius 3 is 2.46 bits per heavy atom. The van der Waals surface area contributed by atoms with Crippen LogP contribution in [0.4, 0.5) is 5.69 Å². The molecular weight excluding hydrogens is 324 g/mol. The zero-order valence-electron chi connectivity index (χ0n) is 14.9. The quantitative estimate of drug-likeness (QED) is 0.791. The third-order valence-electron chi connectivity index (χ3n) is 4.92. The molecule has 0 spiro atoms. The topological polar surface area (TPSA) is 52.2 Å². The van der Waals surface area contributed by atoms with Crippen molar-refractivity contribution in [3.8, 4) is 0 Å². The summed E-state index contributed by atoms with van der Waals surface area (Å²) in [6.45, 7) is 4.99. The highest BCUT2D eigenvalue weighted by molar-refractivity contribution is 5.89. The number of anilines is 1. The number of hydrogen-bond acceptors (Lipinski definition) is 3. The summed E-state index contributed by atoms with van der Waals surface area (Å²) in [4.78, 5) is 15.7. The van der Waals surface area contributed by atoms with Gasteiger partial charge in [0.1, 0.15) is 0 Å². The van der Waals surface area contributed by atoms with Crippen LogP contribution in [0.15, 0.2) is 48.5 Å².